The largest absolute Gasteiger partial charge is 0.355 e. The fraction of sp³-hybridized carbons (Fsp3) is 0.900. The lowest BCUT2D eigenvalue weighted by molar-refractivity contribution is -0.121. The molecule has 2 N–H and O–H groups in total. The van der Waals surface area contributed by atoms with Gasteiger partial charge in [0.1, 0.15) is 0 Å². The molecule has 0 heterocycles. The zero-order chi connectivity index (χ0) is 9.52. The maximum absolute atomic E-state index is 11.3. The van der Waals surface area contributed by atoms with Gasteiger partial charge in [-0.15, -0.1) is 0 Å². The molecule has 13 heavy (non-hydrogen) atoms. The van der Waals surface area contributed by atoms with E-state index in [0.717, 1.165) is 19.5 Å². The predicted molar refractivity (Wildman–Crippen MR) is 53.5 cm³/mol. The first-order chi connectivity index (χ1) is 6.33. The van der Waals surface area contributed by atoms with E-state index in [-0.39, 0.29) is 5.91 Å². The number of amides is 1. The highest BCUT2D eigenvalue weighted by molar-refractivity contribution is 5.76. The molecule has 0 bridgehead atoms. The second kappa shape index (κ2) is 5.97. The van der Waals surface area contributed by atoms with Crippen LogP contribution in [-0.4, -0.2) is 26.0 Å². The fourth-order valence-electron chi connectivity index (χ4n) is 1.88. The number of carbonyl (C=O) groups excluding carboxylic acids is 1. The number of nitrogens with one attached hydrogen (secondary N) is 2. The van der Waals surface area contributed by atoms with Gasteiger partial charge in [-0.1, -0.05) is 12.8 Å². The molecular weight excluding hydrogens is 164 g/mol. The van der Waals surface area contributed by atoms with Crippen LogP contribution in [0.25, 0.3) is 0 Å². The molecular formula is C10H20N2O. The molecule has 1 saturated carbocycles. The number of carbonyl (C=O) groups is 1. The molecule has 0 aromatic heterocycles. The molecule has 1 aliphatic carbocycles. The van der Waals surface area contributed by atoms with Gasteiger partial charge < -0.3 is 10.6 Å². The lowest BCUT2D eigenvalue weighted by Crippen LogP contribution is -2.31. The Kier molecular flexibility index (Phi) is 4.83. The fourth-order valence-corrected chi connectivity index (χ4v) is 1.88. The Hall–Kier alpha value is -0.570. The van der Waals surface area contributed by atoms with Crippen molar-refractivity contribution in [2.75, 3.05) is 20.1 Å². The normalized spacial score (nSPS) is 17.6. The molecule has 0 saturated heterocycles. The van der Waals surface area contributed by atoms with Crippen LogP contribution >= 0.6 is 0 Å². The van der Waals surface area contributed by atoms with E-state index in [4.69, 9.17) is 0 Å². The molecule has 0 aromatic rings. The van der Waals surface area contributed by atoms with Crippen molar-refractivity contribution in [3.8, 4) is 0 Å². The highest BCUT2D eigenvalue weighted by atomic mass is 16.1. The molecule has 0 spiro atoms. The Morgan fingerprint density at radius 2 is 2.00 bits per heavy atom. The van der Waals surface area contributed by atoms with Crippen LogP contribution in [0.2, 0.25) is 0 Å². The van der Waals surface area contributed by atoms with Crippen LogP contribution < -0.4 is 10.6 Å². The zero-order valence-corrected chi connectivity index (χ0v) is 8.44. The summed E-state index contributed by atoms with van der Waals surface area (Å²) in [7, 11) is 1.89. The van der Waals surface area contributed by atoms with Crippen LogP contribution in [0.3, 0.4) is 0 Å². The van der Waals surface area contributed by atoms with Crippen molar-refractivity contribution in [3.63, 3.8) is 0 Å². The lowest BCUT2D eigenvalue weighted by Gasteiger charge is -2.08. The summed E-state index contributed by atoms with van der Waals surface area (Å²) in [5, 5.41) is 5.91. The van der Waals surface area contributed by atoms with E-state index in [2.05, 4.69) is 10.6 Å². The predicted octanol–water partition coefficient (Wildman–Crippen LogP) is 0.902. The molecule has 3 nitrogen and oxygen atoms in total. The SMILES string of the molecule is CNCCNC(=O)CC1CCCC1. The Morgan fingerprint density at radius 3 is 2.62 bits per heavy atom. The summed E-state index contributed by atoms with van der Waals surface area (Å²) in [5.41, 5.74) is 0. The van der Waals surface area contributed by atoms with E-state index in [1.165, 1.54) is 25.7 Å². The molecule has 3 heteroatoms. The summed E-state index contributed by atoms with van der Waals surface area (Å²) in [6.45, 7) is 1.61. The van der Waals surface area contributed by atoms with Crippen molar-refractivity contribution in [2.24, 2.45) is 5.92 Å². The van der Waals surface area contributed by atoms with E-state index < -0.39 is 0 Å². The number of likely N-dealkylation sites (N-methyl/N-ethyl adjacent to an activating group) is 1. The molecule has 1 rings (SSSR count). The highest BCUT2D eigenvalue weighted by Crippen LogP contribution is 2.27. The second-order valence-electron chi connectivity index (χ2n) is 3.81. The maximum Gasteiger partial charge on any atom is 0.220 e. The van der Waals surface area contributed by atoms with E-state index in [0.29, 0.717) is 5.92 Å². The first-order valence-corrected chi connectivity index (χ1v) is 5.24. The van der Waals surface area contributed by atoms with Crippen molar-refractivity contribution in [1.82, 2.24) is 10.6 Å². The van der Waals surface area contributed by atoms with Gasteiger partial charge in [-0.2, -0.15) is 0 Å². The van der Waals surface area contributed by atoms with Crippen LogP contribution in [0.4, 0.5) is 0 Å². The molecule has 0 atom stereocenters. The Morgan fingerprint density at radius 1 is 1.31 bits per heavy atom. The lowest BCUT2D eigenvalue weighted by atomic mass is 10.0. The van der Waals surface area contributed by atoms with E-state index in [9.17, 15) is 4.79 Å². The average Bonchev–Trinajstić information content (AvgIpc) is 2.57. The Balaban J connectivity index is 2.02. The van der Waals surface area contributed by atoms with Crippen molar-refractivity contribution in [3.05, 3.63) is 0 Å². The van der Waals surface area contributed by atoms with E-state index in [1.54, 1.807) is 0 Å². The van der Waals surface area contributed by atoms with Crippen LogP contribution in [0.15, 0.2) is 0 Å². The second-order valence-corrected chi connectivity index (χ2v) is 3.81. The first-order valence-electron chi connectivity index (χ1n) is 5.24. The molecule has 1 amide bonds. The van der Waals surface area contributed by atoms with Crippen molar-refractivity contribution >= 4 is 5.91 Å². The van der Waals surface area contributed by atoms with Crippen molar-refractivity contribution in [1.29, 1.82) is 0 Å². The van der Waals surface area contributed by atoms with Gasteiger partial charge in [-0.25, -0.2) is 0 Å². The summed E-state index contributed by atoms with van der Waals surface area (Å²) >= 11 is 0. The third kappa shape index (κ3) is 4.27. The third-order valence-electron chi connectivity index (χ3n) is 2.65. The van der Waals surface area contributed by atoms with Gasteiger partial charge in [-0.3, -0.25) is 4.79 Å². The topological polar surface area (TPSA) is 41.1 Å². The third-order valence-corrected chi connectivity index (χ3v) is 2.65. The molecule has 0 radical (unpaired) electrons. The summed E-state index contributed by atoms with van der Waals surface area (Å²) in [4.78, 5) is 11.3. The smallest absolute Gasteiger partial charge is 0.220 e. The monoisotopic (exact) mass is 184 g/mol. The van der Waals surface area contributed by atoms with Gasteiger partial charge in [-0.05, 0) is 25.8 Å². The average molecular weight is 184 g/mol. The summed E-state index contributed by atoms with van der Waals surface area (Å²) in [6.07, 6.45) is 5.87. The molecule has 1 fully saturated rings. The molecule has 0 unspecified atom stereocenters. The van der Waals surface area contributed by atoms with Crippen molar-refractivity contribution < 1.29 is 4.79 Å². The Bertz CT molecular complexity index is 153. The van der Waals surface area contributed by atoms with Crippen molar-refractivity contribution in [2.45, 2.75) is 32.1 Å². The van der Waals surface area contributed by atoms with Gasteiger partial charge in [0, 0.05) is 19.5 Å². The standard InChI is InChI=1S/C10H20N2O/c1-11-6-7-12-10(13)8-9-4-2-3-5-9/h9,11H,2-8H2,1H3,(H,12,13). The number of hydrogen-bond donors (Lipinski definition) is 2. The van der Waals surface area contributed by atoms with Gasteiger partial charge >= 0.3 is 0 Å². The van der Waals surface area contributed by atoms with Gasteiger partial charge in [0.05, 0.1) is 0 Å². The quantitative estimate of drug-likeness (QED) is 0.623. The number of rotatable bonds is 5. The molecule has 76 valence electrons. The summed E-state index contributed by atoms with van der Waals surface area (Å²) in [6, 6.07) is 0. The van der Waals surface area contributed by atoms with Gasteiger partial charge in [0.25, 0.3) is 0 Å². The summed E-state index contributed by atoms with van der Waals surface area (Å²) < 4.78 is 0. The summed E-state index contributed by atoms with van der Waals surface area (Å²) in [5.74, 6) is 0.886. The van der Waals surface area contributed by atoms with Crippen LogP contribution in [0.1, 0.15) is 32.1 Å². The minimum Gasteiger partial charge on any atom is -0.355 e. The minimum atomic E-state index is 0.224. The van der Waals surface area contributed by atoms with Gasteiger partial charge in [0.2, 0.25) is 5.91 Å². The molecule has 0 aromatic carbocycles. The van der Waals surface area contributed by atoms with E-state index in [1.807, 2.05) is 7.05 Å². The van der Waals surface area contributed by atoms with Crippen LogP contribution in [-0.2, 0) is 4.79 Å². The minimum absolute atomic E-state index is 0.224. The van der Waals surface area contributed by atoms with E-state index >= 15 is 0 Å². The molecule has 0 aliphatic heterocycles. The number of hydrogen-bond acceptors (Lipinski definition) is 2. The highest BCUT2D eigenvalue weighted by Gasteiger charge is 2.17. The zero-order valence-electron chi connectivity index (χ0n) is 8.44. The molecule has 1 aliphatic rings. The van der Waals surface area contributed by atoms with Crippen LogP contribution in [0, 0.1) is 5.92 Å². The first kappa shape index (κ1) is 10.5. The maximum atomic E-state index is 11.3. The Labute approximate surface area is 80.3 Å². The van der Waals surface area contributed by atoms with Crippen LogP contribution in [0.5, 0.6) is 0 Å². The van der Waals surface area contributed by atoms with Gasteiger partial charge in [0.15, 0.2) is 0 Å².